The fraction of sp³-hybridized carbons (Fsp3) is 0.333. The summed E-state index contributed by atoms with van der Waals surface area (Å²) >= 11 is 3.21. The van der Waals surface area contributed by atoms with E-state index >= 15 is 0 Å². The Balaban J connectivity index is 1.99. The van der Waals surface area contributed by atoms with Gasteiger partial charge < -0.3 is 11.1 Å². The monoisotopic (exact) mass is 321 g/mol. The number of benzene rings is 1. The summed E-state index contributed by atoms with van der Waals surface area (Å²) in [6, 6.07) is 8.22. The molecule has 3 N–H and O–H groups in total. The molecule has 6 heteroatoms. The van der Waals surface area contributed by atoms with Crippen molar-refractivity contribution in [2.24, 2.45) is 5.73 Å². The first kappa shape index (κ1) is 16.0. The van der Waals surface area contributed by atoms with Crippen molar-refractivity contribution in [3.05, 3.63) is 45.9 Å². The van der Waals surface area contributed by atoms with Gasteiger partial charge in [-0.15, -0.1) is 23.1 Å². The minimum atomic E-state index is -0.162. The summed E-state index contributed by atoms with van der Waals surface area (Å²) in [5, 5.41) is 5.47. The van der Waals surface area contributed by atoms with E-state index in [9.17, 15) is 4.79 Å². The first-order chi connectivity index (χ1) is 10.1. The minimum Gasteiger partial charge on any atom is -0.344 e. The molecule has 0 aliphatic rings. The van der Waals surface area contributed by atoms with E-state index in [1.165, 1.54) is 16.2 Å². The van der Waals surface area contributed by atoms with Crippen molar-refractivity contribution in [1.29, 1.82) is 0 Å². The van der Waals surface area contributed by atoms with Crippen molar-refractivity contribution < 1.29 is 4.79 Å². The Morgan fingerprint density at radius 1 is 1.43 bits per heavy atom. The van der Waals surface area contributed by atoms with Gasteiger partial charge in [-0.25, -0.2) is 4.98 Å². The largest absolute Gasteiger partial charge is 0.344 e. The molecule has 21 heavy (non-hydrogen) atoms. The van der Waals surface area contributed by atoms with Crippen LogP contribution in [-0.2, 0) is 6.54 Å². The fourth-order valence-corrected chi connectivity index (χ4v) is 3.20. The predicted molar refractivity (Wildman–Crippen MR) is 88.7 cm³/mol. The molecule has 1 aromatic carbocycles. The highest BCUT2D eigenvalue weighted by Crippen LogP contribution is 2.21. The summed E-state index contributed by atoms with van der Waals surface area (Å²) in [6.07, 6.45) is 0. The van der Waals surface area contributed by atoms with E-state index < -0.39 is 0 Å². The predicted octanol–water partition coefficient (Wildman–Crippen LogP) is 3.20. The zero-order valence-electron chi connectivity index (χ0n) is 12.1. The third-order valence-electron chi connectivity index (χ3n) is 3.00. The Morgan fingerprint density at radius 3 is 2.71 bits per heavy atom. The first-order valence-corrected chi connectivity index (χ1v) is 8.68. The molecular weight excluding hydrogens is 302 g/mol. The maximum Gasteiger partial charge on any atom is 0.271 e. The van der Waals surface area contributed by atoms with Crippen LogP contribution in [0.1, 0.15) is 40.9 Å². The van der Waals surface area contributed by atoms with Crippen LogP contribution in [-0.4, -0.2) is 16.6 Å². The van der Waals surface area contributed by atoms with Gasteiger partial charge in [-0.1, -0.05) is 19.1 Å². The normalized spacial score (nSPS) is 12.1. The highest BCUT2D eigenvalue weighted by molar-refractivity contribution is 7.99. The Kier molecular flexibility index (Phi) is 5.78. The molecule has 0 bridgehead atoms. The number of nitrogens with zero attached hydrogens (tertiary/aromatic N) is 1. The Labute approximate surface area is 133 Å². The molecule has 2 aromatic rings. The number of hydrogen-bond donors (Lipinski definition) is 2. The van der Waals surface area contributed by atoms with Crippen LogP contribution >= 0.6 is 23.1 Å². The number of nitrogens with two attached hydrogens (primary N) is 1. The van der Waals surface area contributed by atoms with Gasteiger partial charge in [-0.05, 0) is 30.4 Å². The topological polar surface area (TPSA) is 68.0 Å². The second kappa shape index (κ2) is 7.59. The molecule has 0 fully saturated rings. The standard InChI is InChI=1S/C15H19N3OS2/c1-3-20-12-6-4-11(5-7-12)10(2)17-15(19)13-9-21-14(8-16)18-13/h4-7,9-10H,3,8,16H2,1-2H3,(H,17,19). The Morgan fingerprint density at radius 2 is 2.14 bits per heavy atom. The van der Waals surface area contributed by atoms with Crippen molar-refractivity contribution in [2.75, 3.05) is 5.75 Å². The number of carbonyl (C=O) groups is 1. The lowest BCUT2D eigenvalue weighted by Crippen LogP contribution is -2.27. The SMILES string of the molecule is CCSc1ccc(C(C)NC(=O)c2csc(CN)n2)cc1. The Hall–Kier alpha value is -1.37. The molecular formula is C15H19N3OS2. The van der Waals surface area contributed by atoms with Crippen LogP contribution in [0.2, 0.25) is 0 Å². The van der Waals surface area contributed by atoms with Gasteiger partial charge in [0.15, 0.2) is 0 Å². The van der Waals surface area contributed by atoms with Gasteiger partial charge in [-0.3, -0.25) is 4.79 Å². The maximum atomic E-state index is 12.1. The number of nitrogens with one attached hydrogen (secondary N) is 1. The van der Waals surface area contributed by atoms with E-state index in [1.807, 2.05) is 6.92 Å². The van der Waals surface area contributed by atoms with Gasteiger partial charge in [0, 0.05) is 16.8 Å². The molecule has 2 rings (SSSR count). The number of amides is 1. The van der Waals surface area contributed by atoms with E-state index in [2.05, 4.69) is 41.5 Å². The minimum absolute atomic E-state index is 0.0544. The third kappa shape index (κ3) is 4.30. The summed E-state index contributed by atoms with van der Waals surface area (Å²) in [5.74, 6) is 0.893. The van der Waals surface area contributed by atoms with Gasteiger partial charge in [0.2, 0.25) is 0 Å². The average Bonchev–Trinajstić information content (AvgIpc) is 2.97. The molecule has 0 saturated carbocycles. The molecule has 4 nitrogen and oxygen atoms in total. The van der Waals surface area contributed by atoms with Gasteiger partial charge in [0.1, 0.15) is 10.7 Å². The van der Waals surface area contributed by atoms with Crippen LogP contribution < -0.4 is 11.1 Å². The molecule has 1 unspecified atom stereocenters. The Bertz CT molecular complexity index is 595. The molecule has 0 spiro atoms. The quantitative estimate of drug-likeness (QED) is 0.802. The van der Waals surface area contributed by atoms with Crippen molar-refractivity contribution in [3.8, 4) is 0 Å². The van der Waals surface area contributed by atoms with E-state index in [0.29, 0.717) is 12.2 Å². The van der Waals surface area contributed by atoms with E-state index in [-0.39, 0.29) is 11.9 Å². The van der Waals surface area contributed by atoms with Crippen molar-refractivity contribution in [3.63, 3.8) is 0 Å². The molecule has 1 heterocycles. The summed E-state index contributed by atoms with van der Waals surface area (Å²) in [6.45, 7) is 4.46. The highest BCUT2D eigenvalue weighted by atomic mass is 32.2. The van der Waals surface area contributed by atoms with Crippen molar-refractivity contribution in [1.82, 2.24) is 10.3 Å². The summed E-state index contributed by atoms with van der Waals surface area (Å²) in [7, 11) is 0. The number of carbonyl (C=O) groups excluding carboxylic acids is 1. The van der Waals surface area contributed by atoms with Crippen LogP contribution in [0.25, 0.3) is 0 Å². The van der Waals surface area contributed by atoms with Crippen molar-refractivity contribution in [2.45, 2.75) is 31.3 Å². The maximum absolute atomic E-state index is 12.1. The third-order valence-corrected chi connectivity index (χ3v) is 4.76. The molecule has 0 radical (unpaired) electrons. The zero-order chi connectivity index (χ0) is 15.2. The molecule has 0 aliphatic carbocycles. The second-order valence-corrected chi connectivity index (χ2v) is 6.81. The van der Waals surface area contributed by atoms with E-state index in [1.54, 1.807) is 17.1 Å². The lowest BCUT2D eigenvalue weighted by atomic mass is 10.1. The summed E-state index contributed by atoms with van der Waals surface area (Å²) in [5.41, 5.74) is 7.03. The van der Waals surface area contributed by atoms with Crippen LogP contribution in [0.4, 0.5) is 0 Å². The van der Waals surface area contributed by atoms with Crippen LogP contribution in [0, 0.1) is 0 Å². The van der Waals surface area contributed by atoms with E-state index in [4.69, 9.17) is 5.73 Å². The zero-order valence-corrected chi connectivity index (χ0v) is 13.8. The number of aromatic nitrogens is 1. The smallest absolute Gasteiger partial charge is 0.271 e. The van der Waals surface area contributed by atoms with E-state index in [0.717, 1.165) is 16.3 Å². The van der Waals surface area contributed by atoms with Gasteiger partial charge in [-0.2, -0.15) is 0 Å². The highest BCUT2D eigenvalue weighted by Gasteiger charge is 2.14. The second-order valence-electron chi connectivity index (χ2n) is 4.53. The molecule has 1 amide bonds. The molecule has 0 aliphatic heterocycles. The summed E-state index contributed by atoms with van der Waals surface area (Å²) in [4.78, 5) is 17.5. The fourth-order valence-electron chi connectivity index (χ4n) is 1.88. The van der Waals surface area contributed by atoms with Crippen molar-refractivity contribution >= 4 is 29.0 Å². The van der Waals surface area contributed by atoms with Crippen LogP contribution in [0.15, 0.2) is 34.5 Å². The first-order valence-electron chi connectivity index (χ1n) is 6.82. The molecule has 1 atom stereocenters. The van der Waals surface area contributed by atoms with Crippen LogP contribution in [0.3, 0.4) is 0 Å². The molecule has 112 valence electrons. The number of thiazole rings is 1. The number of rotatable bonds is 6. The number of hydrogen-bond acceptors (Lipinski definition) is 5. The lowest BCUT2D eigenvalue weighted by Gasteiger charge is -2.14. The summed E-state index contributed by atoms with van der Waals surface area (Å²) < 4.78 is 0. The molecule has 1 aromatic heterocycles. The lowest BCUT2D eigenvalue weighted by molar-refractivity contribution is 0.0935. The van der Waals surface area contributed by atoms with Gasteiger partial charge in [0.05, 0.1) is 6.04 Å². The van der Waals surface area contributed by atoms with Gasteiger partial charge in [0.25, 0.3) is 5.91 Å². The number of thioether (sulfide) groups is 1. The molecule has 0 saturated heterocycles. The van der Waals surface area contributed by atoms with Crippen LogP contribution in [0.5, 0.6) is 0 Å². The van der Waals surface area contributed by atoms with Gasteiger partial charge >= 0.3 is 0 Å². The average molecular weight is 321 g/mol.